The molecule has 0 aliphatic carbocycles. The molecular formula is C15H17NO4. The zero-order chi connectivity index (χ0) is 14.5. The number of fused-ring (bicyclic) bond motifs is 1. The Bertz CT molecular complexity index is 612. The minimum absolute atomic E-state index is 0.113. The highest BCUT2D eigenvalue weighted by atomic mass is 16.3. The Morgan fingerprint density at radius 3 is 2.40 bits per heavy atom. The Labute approximate surface area is 116 Å². The summed E-state index contributed by atoms with van der Waals surface area (Å²) in [7, 11) is 0. The number of phenolic OH excluding ortho intramolecular Hbond substituents is 1. The maximum absolute atomic E-state index is 12.3. The summed E-state index contributed by atoms with van der Waals surface area (Å²) in [4.78, 5) is 12.3. The average molecular weight is 275 g/mol. The van der Waals surface area contributed by atoms with Crippen molar-refractivity contribution in [2.45, 2.75) is 6.04 Å². The van der Waals surface area contributed by atoms with Crippen LogP contribution in [0.2, 0.25) is 0 Å². The van der Waals surface area contributed by atoms with Gasteiger partial charge in [-0.3, -0.25) is 4.79 Å². The van der Waals surface area contributed by atoms with Crippen molar-refractivity contribution in [2.75, 3.05) is 19.8 Å². The van der Waals surface area contributed by atoms with Crippen LogP contribution in [0.3, 0.4) is 0 Å². The largest absolute Gasteiger partial charge is 0.507 e. The molecule has 2 aromatic rings. The zero-order valence-corrected chi connectivity index (χ0v) is 10.9. The van der Waals surface area contributed by atoms with E-state index in [9.17, 15) is 15.0 Å². The lowest BCUT2D eigenvalue weighted by Crippen LogP contribution is -2.41. The second-order valence-electron chi connectivity index (χ2n) is 4.49. The van der Waals surface area contributed by atoms with E-state index in [1.807, 2.05) is 24.3 Å². The van der Waals surface area contributed by atoms with Gasteiger partial charge in [0.25, 0.3) is 0 Å². The van der Waals surface area contributed by atoms with Crippen LogP contribution in [0.4, 0.5) is 0 Å². The van der Waals surface area contributed by atoms with Crippen LogP contribution in [0.5, 0.6) is 5.75 Å². The van der Waals surface area contributed by atoms with Crippen LogP contribution in [0.1, 0.15) is 10.4 Å². The van der Waals surface area contributed by atoms with Gasteiger partial charge in [-0.05, 0) is 22.9 Å². The van der Waals surface area contributed by atoms with Gasteiger partial charge in [-0.1, -0.05) is 24.3 Å². The van der Waals surface area contributed by atoms with Crippen LogP contribution in [0.25, 0.3) is 10.8 Å². The van der Waals surface area contributed by atoms with Gasteiger partial charge in [0, 0.05) is 6.54 Å². The molecule has 2 rings (SSSR count). The molecule has 2 aromatic carbocycles. The second kappa shape index (κ2) is 6.47. The average Bonchev–Trinajstić information content (AvgIpc) is 2.47. The Balaban J connectivity index is 2.35. The molecule has 0 heterocycles. The van der Waals surface area contributed by atoms with Crippen molar-refractivity contribution in [3.8, 4) is 5.75 Å². The van der Waals surface area contributed by atoms with E-state index >= 15 is 0 Å². The molecule has 0 fully saturated rings. The first kappa shape index (κ1) is 14.5. The number of aliphatic hydroxyl groups excluding tert-OH is 2. The zero-order valence-electron chi connectivity index (χ0n) is 10.9. The summed E-state index contributed by atoms with van der Waals surface area (Å²) >= 11 is 0. The van der Waals surface area contributed by atoms with Crippen LogP contribution >= 0.6 is 0 Å². The summed E-state index contributed by atoms with van der Waals surface area (Å²) in [6.07, 6.45) is 0. The summed E-state index contributed by atoms with van der Waals surface area (Å²) in [6, 6.07) is 9.69. The third kappa shape index (κ3) is 2.96. The van der Waals surface area contributed by atoms with E-state index in [-0.39, 0.29) is 24.5 Å². The third-order valence-corrected chi connectivity index (χ3v) is 3.13. The summed E-state index contributed by atoms with van der Waals surface area (Å²) < 4.78 is 0. The Morgan fingerprint density at radius 1 is 1.15 bits per heavy atom. The van der Waals surface area contributed by atoms with Crippen molar-refractivity contribution < 1.29 is 20.1 Å². The van der Waals surface area contributed by atoms with Crippen LogP contribution in [-0.2, 0) is 0 Å². The standard InChI is InChI=1S/C15H17NO4/c17-6-5-16-13(9-18)15(20)12-7-10-3-1-2-4-11(10)8-14(12)19/h1-4,7-8,13,16-19H,5-6,9H2. The van der Waals surface area contributed by atoms with Gasteiger partial charge in [0.15, 0.2) is 5.78 Å². The predicted octanol–water partition coefficient (Wildman–Crippen LogP) is 0.671. The number of nitrogens with one attached hydrogen (secondary N) is 1. The molecule has 5 nitrogen and oxygen atoms in total. The number of phenols is 1. The summed E-state index contributed by atoms with van der Waals surface area (Å²) in [6.45, 7) is -0.329. The number of hydrogen-bond donors (Lipinski definition) is 4. The smallest absolute Gasteiger partial charge is 0.185 e. The number of ketones is 1. The highest BCUT2D eigenvalue weighted by Crippen LogP contribution is 2.26. The lowest BCUT2D eigenvalue weighted by molar-refractivity contribution is 0.0891. The van der Waals surface area contributed by atoms with Crippen molar-refractivity contribution in [1.82, 2.24) is 5.32 Å². The molecule has 1 unspecified atom stereocenters. The van der Waals surface area contributed by atoms with E-state index in [0.717, 1.165) is 10.8 Å². The minimum Gasteiger partial charge on any atom is -0.507 e. The molecule has 4 N–H and O–H groups in total. The number of aliphatic hydroxyl groups is 2. The van der Waals surface area contributed by atoms with Gasteiger partial charge in [0.2, 0.25) is 0 Å². The number of aromatic hydroxyl groups is 1. The highest BCUT2D eigenvalue weighted by molar-refractivity contribution is 6.05. The van der Waals surface area contributed by atoms with E-state index in [4.69, 9.17) is 5.11 Å². The third-order valence-electron chi connectivity index (χ3n) is 3.13. The van der Waals surface area contributed by atoms with Gasteiger partial charge in [0.1, 0.15) is 5.75 Å². The SMILES string of the molecule is O=C(c1cc2ccccc2cc1O)C(CO)NCCO. The fraction of sp³-hybridized carbons (Fsp3) is 0.267. The molecular weight excluding hydrogens is 258 g/mol. The molecule has 0 amide bonds. The topological polar surface area (TPSA) is 89.8 Å². The van der Waals surface area contributed by atoms with Crippen molar-refractivity contribution in [1.29, 1.82) is 0 Å². The lowest BCUT2D eigenvalue weighted by Gasteiger charge is -2.15. The molecule has 0 aliphatic heterocycles. The predicted molar refractivity (Wildman–Crippen MR) is 75.9 cm³/mol. The lowest BCUT2D eigenvalue weighted by atomic mass is 9.99. The van der Waals surface area contributed by atoms with Crippen molar-refractivity contribution >= 4 is 16.6 Å². The minimum atomic E-state index is -0.839. The van der Waals surface area contributed by atoms with Crippen LogP contribution < -0.4 is 5.32 Å². The molecule has 0 bridgehead atoms. The molecule has 0 radical (unpaired) electrons. The Hall–Kier alpha value is -1.95. The van der Waals surface area contributed by atoms with Crippen molar-refractivity contribution in [2.24, 2.45) is 0 Å². The molecule has 0 saturated carbocycles. The summed E-state index contributed by atoms with van der Waals surface area (Å²) in [5, 5.41) is 32.4. The first-order valence-corrected chi connectivity index (χ1v) is 6.38. The molecule has 0 spiro atoms. The number of rotatable bonds is 6. The number of carbonyl (C=O) groups excluding carboxylic acids is 1. The maximum Gasteiger partial charge on any atom is 0.185 e. The Kier molecular flexibility index (Phi) is 4.68. The second-order valence-corrected chi connectivity index (χ2v) is 4.49. The van der Waals surface area contributed by atoms with Gasteiger partial charge in [-0.15, -0.1) is 0 Å². The fourth-order valence-electron chi connectivity index (χ4n) is 2.09. The van der Waals surface area contributed by atoms with Gasteiger partial charge >= 0.3 is 0 Å². The summed E-state index contributed by atoms with van der Waals surface area (Å²) in [5.74, 6) is -0.512. The highest BCUT2D eigenvalue weighted by Gasteiger charge is 2.21. The van der Waals surface area contributed by atoms with Gasteiger partial charge in [-0.25, -0.2) is 0 Å². The Morgan fingerprint density at radius 2 is 1.80 bits per heavy atom. The van der Waals surface area contributed by atoms with Crippen LogP contribution in [-0.4, -0.2) is 46.9 Å². The van der Waals surface area contributed by atoms with Gasteiger partial charge in [0.05, 0.1) is 24.8 Å². The number of Topliss-reactive ketones (excluding diaryl/α,β-unsaturated/α-hetero) is 1. The van der Waals surface area contributed by atoms with Crippen LogP contribution in [0.15, 0.2) is 36.4 Å². The molecule has 0 aromatic heterocycles. The van der Waals surface area contributed by atoms with Gasteiger partial charge < -0.3 is 20.6 Å². The first-order chi connectivity index (χ1) is 9.67. The molecule has 0 aliphatic rings. The van der Waals surface area contributed by atoms with Crippen molar-refractivity contribution in [3.05, 3.63) is 42.0 Å². The summed E-state index contributed by atoms with van der Waals surface area (Å²) in [5.41, 5.74) is 0.160. The van der Waals surface area contributed by atoms with Crippen molar-refractivity contribution in [3.63, 3.8) is 0 Å². The fourth-order valence-corrected chi connectivity index (χ4v) is 2.09. The number of hydrogen-bond acceptors (Lipinski definition) is 5. The normalized spacial score (nSPS) is 12.5. The van der Waals surface area contributed by atoms with E-state index in [2.05, 4.69) is 5.32 Å². The maximum atomic E-state index is 12.3. The number of carbonyl (C=O) groups is 1. The van der Waals surface area contributed by atoms with E-state index in [1.54, 1.807) is 6.07 Å². The quantitative estimate of drug-likeness (QED) is 0.582. The van der Waals surface area contributed by atoms with Gasteiger partial charge in [-0.2, -0.15) is 0 Å². The molecule has 20 heavy (non-hydrogen) atoms. The van der Waals surface area contributed by atoms with E-state index in [1.165, 1.54) is 6.07 Å². The first-order valence-electron chi connectivity index (χ1n) is 6.38. The van der Waals surface area contributed by atoms with Crippen LogP contribution in [0, 0.1) is 0 Å². The molecule has 1 atom stereocenters. The van der Waals surface area contributed by atoms with E-state index in [0.29, 0.717) is 0 Å². The molecule has 106 valence electrons. The number of benzene rings is 2. The van der Waals surface area contributed by atoms with E-state index < -0.39 is 18.4 Å². The monoisotopic (exact) mass is 275 g/mol. The molecule has 5 heteroatoms. The molecule has 0 saturated heterocycles.